The van der Waals surface area contributed by atoms with Gasteiger partial charge in [0.15, 0.2) is 11.2 Å². The highest BCUT2D eigenvalue weighted by Gasteiger charge is 2.17. The highest BCUT2D eigenvalue weighted by Crippen LogP contribution is 2.12. The first-order valence-electron chi connectivity index (χ1n) is 15.3. The molecular weight excluding hydrogens is 538 g/mol. The van der Waals surface area contributed by atoms with Crippen LogP contribution in [0.1, 0.15) is 103 Å². The molecule has 2 heterocycles. The van der Waals surface area contributed by atoms with Gasteiger partial charge in [0.1, 0.15) is 26.0 Å². The van der Waals surface area contributed by atoms with Crippen molar-refractivity contribution in [2.45, 2.75) is 116 Å². The number of nitrogens with two attached hydrogens (primary N) is 1. The summed E-state index contributed by atoms with van der Waals surface area (Å²) in [5.74, 6) is -0.672. The molecular formula is C31H49N5O6. The predicted octanol–water partition coefficient (Wildman–Crippen LogP) is 5.74. The van der Waals surface area contributed by atoms with E-state index in [0.29, 0.717) is 12.8 Å². The molecule has 0 unspecified atom stereocenters. The maximum absolute atomic E-state index is 12.3. The van der Waals surface area contributed by atoms with Crippen LogP contribution in [-0.4, -0.2) is 50.8 Å². The zero-order valence-corrected chi connectivity index (χ0v) is 25.0. The zero-order valence-electron chi connectivity index (χ0n) is 25.0. The fourth-order valence-electron chi connectivity index (χ4n) is 4.44. The van der Waals surface area contributed by atoms with Crippen LogP contribution in [0.25, 0.3) is 11.2 Å². The number of carbonyl (C=O) groups excluding carboxylic acids is 2. The van der Waals surface area contributed by atoms with Gasteiger partial charge >= 0.3 is 11.9 Å². The lowest BCUT2D eigenvalue weighted by atomic mass is 10.1. The molecule has 0 aliphatic rings. The minimum absolute atomic E-state index is 0.0396. The molecule has 0 saturated heterocycles. The number of ether oxygens (including phenoxy) is 3. The Balaban J connectivity index is 1.79. The quantitative estimate of drug-likeness (QED) is 0.0841. The molecule has 2 aromatic heterocycles. The molecule has 11 nitrogen and oxygen atoms in total. The monoisotopic (exact) mass is 587 g/mol. The van der Waals surface area contributed by atoms with Gasteiger partial charge in [-0.1, -0.05) is 63.5 Å². The van der Waals surface area contributed by atoms with Gasteiger partial charge in [-0.3, -0.25) is 23.9 Å². The molecule has 3 N–H and O–H groups in total. The van der Waals surface area contributed by atoms with Crippen molar-refractivity contribution >= 4 is 29.1 Å². The van der Waals surface area contributed by atoms with E-state index >= 15 is 0 Å². The van der Waals surface area contributed by atoms with E-state index in [-0.39, 0.29) is 49.0 Å². The number of esters is 2. The largest absolute Gasteiger partial charge is 0.463 e. The normalized spacial score (nSPS) is 11.2. The summed E-state index contributed by atoms with van der Waals surface area (Å²) in [6, 6.07) is 0. The molecule has 0 spiro atoms. The van der Waals surface area contributed by atoms with E-state index in [1.165, 1.54) is 23.7 Å². The van der Waals surface area contributed by atoms with Gasteiger partial charge in [-0.05, 0) is 38.5 Å². The first-order chi connectivity index (χ1) is 20.4. The third-order valence-corrected chi connectivity index (χ3v) is 6.88. The number of anilines is 1. The number of nitrogen functional groups attached to an aromatic ring is 1. The lowest BCUT2D eigenvalue weighted by Gasteiger charge is -2.18. The number of imidazole rings is 1. The molecule has 0 amide bonds. The summed E-state index contributed by atoms with van der Waals surface area (Å²) in [5, 5.41) is 0. The second kappa shape index (κ2) is 21.3. The average molecular weight is 588 g/mol. The van der Waals surface area contributed by atoms with Gasteiger partial charge in [0.25, 0.3) is 5.56 Å². The summed E-state index contributed by atoms with van der Waals surface area (Å²) < 4.78 is 18.3. The molecule has 0 radical (unpaired) electrons. The molecule has 2 aromatic rings. The summed E-state index contributed by atoms with van der Waals surface area (Å²) >= 11 is 0. The SMILES string of the molecule is C=CCCCCCCCCC(=O)OCC(COC(=O)CCCCCCCCC=C)OCn1cnc2c(=O)[nH]c(N)nc21. The molecule has 2 rings (SSSR count). The number of allylic oxidation sites excluding steroid dienone is 2. The number of aromatic amines is 1. The zero-order chi connectivity index (χ0) is 30.4. The Morgan fingerprint density at radius 1 is 0.857 bits per heavy atom. The topological polar surface area (TPSA) is 151 Å². The second-order valence-corrected chi connectivity index (χ2v) is 10.5. The van der Waals surface area contributed by atoms with Crippen molar-refractivity contribution in [3.05, 3.63) is 42.0 Å². The van der Waals surface area contributed by atoms with Crippen LogP contribution in [0.3, 0.4) is 0 Å². The van der Waals surface area contributed by atoms with E-state index in [1.54, 1.807) is 0 Å². The minimum atomic E-state index is -0.704. The van der Waals surface area contributed by atoms with Gasteiger partial charge in [-0.2, -0.15) is 4.98 Å². The average Bonchev–Trinajstić information content (AvgIpc) is 3.38. The van der Waals surface area contributed by atoms with E-state index in [9.17, 15) is 14.4 Å². The smallest absolute Gasteiger partial charge is 0.305 e. The molecule has 0 saturated carbocycles. The van der Waals surface area contributed by atoms with E-state index in [0.717, 1.165) is 77.0 Å². The van der Waals surface area contributed by atoms with Crippen LogP contribution in [0.2, 0.25) is 0 Å². The molecule has 0 aliphatic heterocycles. The van der Waals surface area contributed by atoms with Crippen LogP contribution in [0.15, 0.2) is 36.4 Å². The van der Waals surface area contributed by atoms with E-state index in [1.807, 2.05) is 12.2 Å². The lowest BCUT2D eigenvalue weighted by molar-refractivity contribution is -0.157. The van der Waals surface area contributed by atoms with E-state index < -0.39 is 11.7 Å². The standard InChI is InChI=1S/C31H49N5O6/c1-3-5-7-9-11-13-15-17-19-26(37)40-21-25(22-41-27(38)20-18-16-14-12-10-8-6-4-2)42-24-36-23-33-28-29(36)34-31(32)35-30(28)39/h3-4,23,25H,1-2,5-22,24H2,(H3,32,34,35,39). The Morgan fingerprint density at radius 2 is 1.36 bits per heavy atom. The molecule has 0 fully saturated rings. The molecule has 0 atom stereocenters. The van der Waals surface area contributed by atoms with Crippen molar-refractivity contribution in [3.8, 4) is 0 Å². The maximum atomic E-state index is 12.3. The number of H-pyrrole nitrogens is 1. The number of fused-ring (bicyclic) bond motifs is 1. The van der Waals surface area contributed by atoms with Gasteiger partial charge in [-0.25, -0.2) is 4.98 Å². The number of hydrogen-bond acceptors (Lipinski definition) is 9. The molecule has 0 bridgehead atoms. The Kier molecular flexibility index (Phi) is 17.6. The van der Waals surface area contributed by atoms with Crippen LogP contribution >= 0.6 is 0 Å². The number of carbonyl (C=O) groups is 2. The number of unbranched alkanes of at least 4 members (excludes halogenated alkanes) is 12. The van der Waals surface area contributed by atoms with Gasteiger partial charge in [0.05, 0.1) is 6.33 Å². The Labute approximate surface area is 248 Å². The minimum Gasteiger partial charge on any atom is -0.463 e. The van der Waals surface area contributed by atoms with Crippen molar-refractivity contribution in [1.82, 2.24) is 19.5 Å². The van der Waals surface area contributed by atoms with Crippen molar-refractivity contribution in [1.29, 1.82) is 0 Å². The van der Waals surface area contributed by atoms with Crippen molar-refractivity contribution < 1.29 is 23.8 Å². The summed E-state index contributed by atoms with van der Waals surface area (Å²) in [5.41, 5.74) is 5.61. The Bertz CT molecular complexity index is 1100. The van der Waals surface area contributed by atoms with Crippen LogP contribution in [-0.2, 0) is 30.5 Å². The molecule has 42 heavy (non-hydrogen) atoms. The number of rotatable bonds is 25. The fraction of sp³-hybridized carbons (Fsp3) is 0.645. The molecule has 0 aliphatic carbocycles. The highest BCUT2D eigenvalue weighted by molar-refractivity contribution is 5.70. The first kappa shape index (κ1) is 34.7. The fourth-order valence-corrected chi connectivity index (χ4v) is 4.44. The van der Waals surface area contributed by atoms with Gasteiger partial charge < -0.3 is 19.9 Å². The first-order valence-corrected chi connectivity index (χ1v) is 15.3. The summed E-state index contributed by atoms with van der Waals surface area (Å²) in [6.45, 7) is 7.28. The second-order valence-electron chi connectivity index (χ2n) is 10.5. The molecule has 234 valence electrons. The third kappa shape index (κ3) is 14.4. The van der Waals surface area contributed by atoms with Crippen LogP contribution in [0.5, 0.6) is 0 Å². The number of aromatic nitrogens is 4. The molecule has 0 aromatic carbocycles. The summed E-state index contributed by atoms with van der Waals surface area (Å²) in [4.78, 5) is 47.4. The van der Waals surface area contributed by atoms with Crippen LogP contribution in [0.4, 0.5) is 5.95 Å². The van der Waals surface area contributed by atoms with Crippen molar-refractivity contribution in [2.24, 2.45) is 0 Å². The summed E-state index contributed by atoms with van der Waals surface area (Å²) in [7, 11) is 0. The van der Waals surface area contributed by atoms with E-state index in [4.69, 9.17) is 19.9 Å². The maximum Gasteiger partial charge on any atom is 0.305 e. The van der Waals surface area contributed by atoms with E-state index in [2.05, 4.69) is 28.1 Å². The number of hydrogen-bond donors (Lipinski definition) is 2. The van der Waals surface area contributed by atoms with Crippen molar-refractivity contribution in [3.63, 3.8) is 0 Å². The number of nitrogens with one attached hydrogen (secondary N) is 1. The number of nitrogens with zero attached hydrogens (tertiary/aromatic N) is 3. The van der Waals surface area contributed by atoms with Gasteiger partial charge in [0.2, 0.25) is 5.95 Å². The van der Waals surface area contributed by atoms with Crippen LogP contribution in [0, 0.1) is 0 Å². The van der Waals surface area contributed by atoms with Crippen molar-refractivity contribution in [2.75, 3.05) is 18.9 Å². The van der Waals surface area contributed by atoms with Gasteiger partial charge in [-0.15, -0.1) is 13.2 Å². The highest BCUT2D eigenvalue weighted by atomic mass is 16.6. The Hall–Kier alpha value is -3.47. The predicted molar refractivity (Wildman–Crippen MR) is 164 cm³/mol. The lowest BCUT2D eigenvalue weighted by Crippen LogP contribution is -2.29. The Morgan fingerprint density at radius 3 is 1.88 bits per heavy atom. The third-order valence-electron chi connectivity index (χ3n) is 6.88. The van der Waals surface area contributed by atoms with Crippen LogP contribution < -0.4 is 11.3 Å². The summed E-state index contributed by atoms with van der Waals surface area (Å²) in [6.07, 6.45) is 19.9. The van der Waals surface area contributed by atoms with Gasteiger partial charge in [0, 0.05) is 12.8 Å². The molecule has 11 heteroatoms.